The molecule has 1 N–H and O–H groups in total. The van der Waals surface area contributed by atoms with Crippen LogP contribution in [0.2, 0.25) is 0 Å². The molecule has 0 spiro atoms. The van der Waals surface area contributed by atoms with Crippen molar-refractivity contribution in [3.63, 3.8) is 0 Å². The van der Waals surface area contributed by atoms with Gasteiger partial charge >= 0.3 is 0 Å². The Morgan fingerprint density at radius 3 is 2.85 bits per heavy atom. The molecule has 0 saturated carbocycles. The lowest BCUT2D eigenvalue weighted by Gasteiger charge is -2.26. The second-order valence-corrected chi connectivity index (χ2v) is 3.58. The Morgan fingerprint density at radius 2 is 2.31 bits per heavy atom. The summed E-state index contributed by atoms with van der Waals surface area (Å²) in [5.41, 5.74) is 0. The van der Waals surface area contributed by atoms with Crippen LogP contribution in [-0.2, 0) is 4.74 Å². The van der Waals surface area contributed by atoms with Gasteiger partial charge < -0.3 is 14.5 Å². The Bertz CT molecular complexity index is 274. The summed E-state index contributed by atoms with van der Waals surface area (Å²) in [7, 11) is 0. The highest BCUT2D eigenvalue weighted by molar-refractivity contribution is 5.09. The molecule has 2 rings (SSSR count). The second-order valence-electron chi connectivity index (χ2n) is 3.58. The van der Waals surface area contributed by atoms with Crippen molar-refractivity contribution in [2.24, 2.45) is 0 Å². The Kier molecular flexibility index (Phi) is 2.38. The molecule has 1 aromatic heterocycles. The number of hydrogen-bond acceptors (Lipinski definition) is 3. The number of hydrogen-bond donors (Lipinski definition) is 1. The van der Waals surface area contributed by atoms with Crippen LogP contribution in [0.25, 0.3) is 0 Å². The smallest absolute Gasteiger partial charge is 0.134 e. The summed E-state index contributed by atoms with van der Waals surface area (Å²) in [6.07, 6.45) is 0.0879. The van der Waals surface area contributed by atoms with Crippen LogP contribution >= 0.6 is 0 Å². The van der Waals surface area contributed by atoms with Gasteiger partial charge in [0.2, 0.25) is 0 Å². The van der Waals surface area contributed by atoms with Gasteiger partial charge in [-0.25, -0.2) is 0 Å². The average Bonchev–Trinajstić information content (AvgIpc) is 2.53. The fraction of sp³-hybridized carbons (Fsp3) is 0.600. The molecule has 13 heavy (non-hydrogen) atoms. The lowest BCUT2D eigenvalue weighted by Crippen LogP contribution is -2.40. The van der Waals surface area contributed by atoms with Gasteiger partial charge in [-0.05, 0) is 26.0 Å². The van der Waals surface area contributed by atoms with Crippen LogP contribution in [0.1, 0.15) is 24.5 Å². The fourth-order valence-corrected chi connectivity index (χ4v) is 1.50. The van der Waals surface area contributed by atoms with Gasteiger partial charge in [-0.15, -0.1) is 0 Å². The molecule has 0 aromatic carbocycles. The van der Waals surface area contributed by atoms with Gasteiger partial charge in [0.25, 0.3) is 0 Å². The first kappa shape index (κ1) is 8.78. The standard InChI is InChI=1S/C10H15NO2/c1-7-6-12-10(5-11-7)9-4-3-8(2)13-9/h3-4,7,10-11H,5-6H2,1-2H3. The number of aryl methyl sites for hydroxylation is 1. The van der Waals surface area contributed by atoms with Gasteiger partial charge in [-0.1, -0.05) is 0 Å². The van der Waals surface area contributed by atoms with Crippen LogP contribution in [0, 0.1) is 6.92 Å². The molecule has 2 unspecified atom stereocenters. The molecular formula is C10H15NO2. The highest BCUT2D eigenvalue weighted by Gasteiger charge is 2.21. The molecule has 1 aliphatic heterocycles. The van der Waals surface area contributed by atoms with Crippen molar-refractivity contribution < 1.29 is 9.15 Å². The maximum absolute atomic E-state index is 5.63. The van der Waals surface area contributed by atoms with Crippen molar-refractivity contribution in [2.45, 2.75) is 26.0 Å². The Hall–Kier alpha value is -0.800. The lowest BCUT2D eigenvalue weighted by atomic mass is 10.2. The summed E-state index contributed by atoms with van der Waals surface area (Å²) < 4.78 is 11.1. The third kappa shape index (κ3) is 1.92. The van der Waals surface area contributed by atoms with Gasteiger partial charge in [0.05, 0.1) is 6.61 Å². The summed E-state index contributed by atoms with van der Waals surface area (Å²) in [5, 5.41) is 3.35. The van der Waals surface area contributed by atoms with Crippen molar-refractivity contribution in [1.29, 1.82) is 0 Å². The molecule has 72 valence electrons. The highest BCUT2D eigenvalue weighted by Crippen LogP contribution is 2.21. The van der Waals surface area contributed by atoms with E-state index in [4.69, 9.17) is 9.15 Å². The fourth-order valence-electron chi connectivity index (χ4n) is 1.50. The quantitative estimate of drug-likeness (QED) is 0.715. The maximum atomic E-state index is 5.63. The Balaban J connectivity index is 2.02. The predicted molar refractivity (Wildman–Crippen MR) is 49.6 cm³/mol. The zero-order valence-corrected chi connectivity index (χ0v) is 8.04. The second kappa shape index (κ2) is 3.52. The van der Waals surface area contributed by atoms with E-state index in [0.717, 1.165) is 24.7 Å². The summed E-state index contributed by atoms with van der Waals surface area (Å²) in [5.74, 6) is 1.87. The minimum atomic E-state index is 0.0879. The molecule has 1 aromatic rings. The zero-order valence-electron chi connectivity index (χ0n) is 8.04. The average molecular weight is 181 g/mol. The van der Waals surface area contributed by atoms with Crippen LogP contribution in [0.3, 0.4) is 0 Å². The normalized spacial score (nSPS) is 29.1. The predicted octanol–water partition coefficient (Wildman–Crippen LogP) is 1.64. The van der Waals surface area contributed by atoms with Crippen LogP contribution in [0.5, 0.6) is 0 Å². The first-order valence-corrected chi connectivity index (χ1v) is 4.67. The summed E-state index contributed by atoms with van der Waals surface area (Å²) in [6.45, 7) is 5.66. The Labute approximate surface area is 78.1 Å². The monoisotopic (exact) mass is 181 g/mol. The van der Waals surface area contributed by atoms with E-state index in [1.807, 2.05) is 19.1 Å². The maximum Gasteiger partial charge on any atom is 0.134 e. The van der Waals surface area contributed by atoms with E-state index < -0.39 is 0 Å². The van der Waals surface area contributed by atoms with E-state index in [1.54, 1.807) is 0 Å². The zero-order chi connectivity index (χ0) is 9.26. The third-order valence-electron chi connectivity index (χ3n) is 2.28. The number of rotatable bonds is 1. The number of furan rings is 1. The van der Waals surface area contributed by atoms with Crippen molar-refractivity contribution in [3.05, 3.63) is 23.7 Å². The molecule has 2 atom stereocenters. The molecule has 0 bridgehead atoms. The molecule has 3 heteroatoms. The van der Waals surface area contributed by atoms with E-state index in [0.29, 0.717) is 6.04 Å². The number of nitrogens with one attached hydrogen (secondary N) is 1. The molecule has 0 radical (unpaired) electrons. The van der Waals surface area contributed by atoms with Crippen molar-refractivity contribution in [3.8, 4) is 0 Å². The molecule has 1 fully saturated rings. The first-order valence-electron chi connectivity index (χ1n) is 4.67. The molecule has 1 saturated heterocycles. The van der Waals surface area contributed by atoms with Gasteiger partial charge in [0.1, 0.15) is 17.6 Å². The molecule has 0 amide bonds. The molecule has 1 aliphatic rings. The summed E-state index contributed by atoms with van der Waals surface area (Å²) in [4.78, 5) is 0. The third-order valence-corrected chi connectivity index (χ3v) is 2.28. The van der Waals surface area contributed by atoms with E-state index in [1.165, 1.54) is 0 Å². The summed E-state index contributed by atoms with van der Waals surface area (Å²) >= 11 is 0. The van der Waals surface area contributed by atoms with Gasteiger partial charge in [0.15, 0.2) is 0 Å². The SMILES string of the molecule is Cc1ccc(C2CNC(C)CO2)o1. The van der Waals surface area contributed by atoms with E-state index in [9.17, 15) is 0 Å². The van der Waals surface area contributed by atoms with Crippen molar-refractivity contribution >= 4 is 0 Å². The van der Waals surface area contributed by atoms with Crippen LogP contribution in [-0.4, -0.2) is 19.2 Å². The van der Waals surface area contributed by atoms with Crippen LogP contribution in [0.4, 0.5) is 0 Å². The van der Waals surface area contributed by atoms with E-state index in [2.05, 4.69) is 12.2 Å². The van der Waals surface area contributed by atoms with Gasteiger partial charge in [-0.2, -0.15) is 0 Å². The summed E-state index contributed by atoms with van der Waals surface area (Å²) in [6, 6.07) is 4.40. The lowest BCUT2D eigenvalue weighted by molar-refractivity contribution is -0.00537. The van der Waals surface area contributed by atoms with Crippen molar-refractivity contribution in [1.82, 2.24) is 5.32 Å². The van der Waals surface area contributed by atoms with Crippen molar-refractivity contribution in [2.75, 3.05) is 13.2 Å². The topological polar surface area (TPSA) is 34.4 Å². The molecule has 3 nitrogen and oxygen atoms in total. The first-order chi connectivity index (χ1) is 6.25. The van der Waals surface area contributed by atoms with E-state index >= 15 is 0 Å². The van der Waals surface area contributed by atoms with Gasteiger partial charge in [-0.3, -0.25) is 0 Å². The largest absolute Gasteiger partial charge is 0.464 e. The molecular weight excluding hydrogens is 166 g/mol. The molecule has 2 heterocycles. The number of ether oxygens (including phenoxy) is 1. The molecule has 0 aliphatic carbocycles. The van der Waals surface area contributed by atoms with E-state index in [-0.39, 0.29) is 6.10 Å². The minimum absolute atomic E-state index is 0.0879. The van der Waals surface area contributed by atoms with Crippen LogP contribution < -0.4 is 5.32 Å². The number of morpholine rings is 1. The van der Waals surface area contributed by atoms with Gasteiger partial charge in [0, 0.05) is 12.6 Å². The Morgan fingerprint density at radius 1 is 1.46 bits per heavy atom. The van der Waals surface area contributed by atoms with Crippen LogP contribution in [0.15, 0.2) is 16.5 Å². The minimum Gasteiger partial charge on any atom is -0.464 e. The highest BCUT2D eigenvalue weighted by atomic mass is 16.5.